The zero-order valence-electron chi connectivity index (χ0n) is 14.9. The molecule has 0 aromatic heterocycles. The molecule has 0 amide bonds. The van der Waals surface area contributed by atoms with Crippen LogP contribution in [0.1, 0.15) is 78.1 Å². The average molecular weight is 323 g/mol. The average Bonchev–Trinajstić information content (AvgIpc) is 2.90. The quantitative estimate of drug-likeness (QED) is 0.573. The van der Waals surface area contributed by atoms with Gasteiger partial charge in [0.1, 0.15) is 0 Å². The predicted molar refractivity (Wildman–Crippen MR) is 96.1 cm³/mol. The molecule has 0 aromatic rings. The van der Waals surface area contributed by atoms with E-state index in [-0.39, 0.29) is 0 Å². The van der Waals surface area contributed by atoms with Gasteiger partial charge in [-0.3, -0.25) is 0 Å². The highest BCUT2D eigenvalue weighted by Gasteiger charge is 2.38. The summed E-state index contributed by atoms with van der Waals surface area (Å²) in [4.78, 5) is 0. The zero-order valence-corrected chi connectivity index (χ0v) is 15.9. The highest BCUT2D eigenvalue weighted by atomic mass is 28.4. The van der Waals surface area contributed by atoms with Crippen molar-refractivity contribution < 1.29 is 8.85 Å². The van der Waals surface area contributed by atoms with Crippen molar-refractivity contribution in [2.75, 3.05) is 13.2 Å². The van der Waals surface area contributed by atoms with Crippen LogP contribution >= 0.6 is 0 Å². The van der Waals surface area contributed by atoms with Crippen molar-refractivity contribution in [2.45, 2.75) is 84.6 Å². The highest BCUT2D eigenvalue weighted by molar-refractivity contribution is 6.74. The predicted octanol–water partition coefficient (Wildman–Crippen LogP) is 5.82. The molecule has 0 fully saturated rings. The smallest absolute Gasteiger partial charge is 0.365 e. The summed E-state index contributed by atoms with van der Waals surface area (Å²) in [6.07, 6.45) is 15.6. The number of hydrogen-bond acceptors (Lipinski definition) is 2. The standard InChI is InChI=1S/C19H34O2Si/c1-4-20-22(3,21-5-2)19-16-12-8-11-15-18(19)17-13-9-6-7-10-14-17/h13H,4-12,14-16H2,1-3H3. The van der Waals surface area contributed by atoms with Crippen molar-refractivity contribution >= 4 is 8.56 Å². The summed E-state index contributed by atoms with van der Waals surface area (Å²) in [7, 11) is -2.21. The van der Waals surface area contributed by atoms with Gasteiger partial charge in [-0.15, -0.1) is 0 Å². The fraction of sp³-hybridized carbons (Fsp3) is 0.789. The van der Waals surface area contributed by atoms with E-state index in [0.29, 0.717) is 0 Å². The van der Waals surface area contributed by atoms with Crippen molar-refractivity contribution in [3.05, 3.63) is 22.4 Å². The lowest BCUT2D eigenvalue weighted by molar-refractivity contribution is 0.196. The maximum Gasteiger partial charge on any atom is 0.365 e. The first kappa shape index (κ1) is 18.0. The Labute approximate surface area is 138 Å². The first-order chi connectivity index (χ1) is 10.7. The second-order valence-corrected chi connectivity index (χ2v) is 9.73. The van der Waals surface area contributed by atoms with E-state index in [2.05, 4.69) is 26.5 Å². The molecule has 2 aliphatic rings. The molecule has 2 rings (SSSR count). The van der Waals surface area contributed by atoms with E-state index in [1.807, 2.05) is 0 Å². The SMILES string of the molecule is CCO[Si](C)(OCC)C1=C(C2=CCCCCC2)CCCCC1. The van der Waals surface area contributed by atoms with Gasteiger partial charge in [0.05, 0.1) is 0 Å². The minimum Gasteiger partial charge on any atom is -0.392 e. The Morgan fingerprint density at radius 3 is 2.23 bits per heavy atom. The molecule has 2 aliphatic carbocycles. The summed E-state index contributed by atoms with van der Waals surface area (Å²) in [5, 5.41) is 1.57. The molecule has 0 spiro atoms. The Kier molecular flexibility index (Phi) is 7.39. The number of rotatable bonds is 6. The Hall–Kier alpha value is -0.383. The third kappa shape index (κ3) is 4.56. The molecule has 0 unspecified atom stereocenters. The van der Waals surface area contributed by atoms with E-state index in [9.17, 15) is 0 Å². The Morgan fingerprint density at radius 2 is 1.50 bits per heavy atom. The zero-order chi connectivity index (χ0) is 15.8. The first-order valence-electron chi connectivity index (χ1n) is 9.41. The van der Waals surface area contributed by atoms with Gasteiger partial charge in [0, 0.05) is 13.2 Å². The minimum atomic E-state index is -2.21. The summed E-state index contributed by atoms with van der Waals surface area (Å²) < 4.78 is 12.5. The molecular formula is C19H34O2Si. The lowest BCUT2D eigenvalue weighted by Crippen LogP contribution is -2.42. The summed E-state index contributed by atoms with van der Waals surface area (Å²) in [6.45, 7) is 8.01. The molecule has 0 atom stereocenters. The minimum absolute atomic E-state index is 0.762. The number of hydrogen-bond donors (Lipinski definition) is 0. The van der Waals surface area contributed by atoms with Crippen molar-refractivity contribution in [3.8, 4) is 0 Å². The molecule has 126 valence electrons. The Bertz CT molecular complexity index is 406. The number of allylic oxidation sites excluding steroid dienone is 4. The van der Waals surface area contributed by atoms with Crippen molar-refractivity contribution in [3.63, 3.8) is 0 Å². The fourth-order valence-electron chi connectivity index (χ4n) is 3.99. The molecular weight excluding hydrogens is 288 g/mol. The van der Waals surface area contributed by atoms with Crippen LogP contribution in [-0.4, -0.2) is 21.8 Å². The van der Waals surface area contributed by atoms with Crippen LogP contribution in [0.3, 0.4) is 0 Å². The third-order valence-corrected chi connectivity index (χ3v) is 8.36. The van der Waals surface area contributed by atoms with Crippen LogP contribution in [0.5, 0.6) is 0 Å². The van der Waals surface area contributed by atoms with E-state index in [4.69, 9.17) is 8.85 Å². The van der Waals surface area contributed by atoms with E-state index in [1.54, 1.807) is 16.3 Å². The van der Waals surface area contributed by atoms with Crippen LogP contribution in [-0.2, 0) is 8.85 Å². The van der Waals surface area contributed by atoms with Crippen molar-refractivity contribution in [2.24, 2.45) is 0 Å². The molecule has 0 bridgehead atoms. The summed E-state index contributed by atoms with van der Waals surface area (Å²) in [5.41, 5.74) is 3.27. The molecule has 0 N–H and O–H groups in total. The van der Waals surface area contributed by atoms with Gasteiger partial charge in [-0.2, -0.15) is 0 Å². The highest BCUT2D eigenvalue weighted by Crippen LogP contribution is 2.38. The molecule has 0 saturated heterocycles. The Balaban J connectivity index is 2.39. The van der Waals surface area contributed by atoms with E-state index >= 15 is 0 Å². The Morgan fingerprint density at radius 1 is 0.864 bits per heavy atom. The molecule has 0 aliphatic heterocycles. The van der Waals surface area contributed by atoms with Crippen LogP contribution in [0.25, 0.3) is 0 Å². The fourth-order valence-corrected chi connectivity index (χ4v) is 6.99. The van der Waals surface area contributed by atoms with Gasteiger partial charge in [-0.05, 0) is 88.1 Å². The van der Waals surface area contributed by atoms with Gasteiger partial charge in [0.25, 0.3) is 0 Å². The van der Waals surface area contributed by atoms with Crippen LogP contribution in [0, 0.1) is 0 Å². The molecule has 0 heterocycles. The van der Waals surface area contributed by atoms with Gasteiger partial charge in [-0.25, -0.2) is 0 Å². The maximum atomic E-state index is 6.25. The molecule has 0 aromatic carbocycles. The summed E-state index contributed by atoms with van der Waals surface area (Å²) in [5.74, 6) is 0. The third-order valence-electron chi connectivity index (χ3n) is 5.03. The van der Waals surface area contributed by atoms with Crippen LogP contribution in [0.2, 0.25) is 6.55 Å². The second-order valence-electron chi connectivity index (χ2n) is 6.66. The monoisotopic (exact) mass is 322 g/mol. The summed E-state index contributed by atoms with van der Waals surface area (Å²) >= 11 is 0. The van der Waals surface area contributed by atoms with Crippen LogP contribution in [0.15, 0.2) is 22.4 Å². The topological polar surface area (TPSA) is 18.5 Å². The second kappa shape index (κ2) is 9.04. The lowest BCUT2D eigenvalue weighted by Gasteiger charge is -2.31. The lowest BCUT2D eigenvalue weighted by atomic mass is 9.97. The molecule has 3 heteroatoms. The largest absolute Gasteiger partial charge is 0.392 e. The maximum absolute atomic E-state index is 6.25. The molecule has 0 radical (unpaired) electrons. The van der Waals surface area contributed by atoms with Crippen LogP contribution in [0.4, 0.5) is 0 Å². The van der Waals surface area contributed by atoms with E-state index in [1.165, 1.54) is 64.2 Å². The van der Waals surface area contributed by atoms with Crippen LogP contribution < -0.4 is 0 Å². The van der Waals surface area contributed by atoms with Crippen molar-refractivity contribution in [1.82, 2.24) is 0 Å². The normalized spacial score (nSPS) is 21.3. The van der Waals surface area contributed by atoms with Gasteiger partial charge in [0.15, 0.2) is 0 Å². The molecule has 22 heavy (non-hydrogen) atoms. The van der Waals surface area contributed by atoms with Gasteiger partial charge in [-0.1, -0.05) is 18.9 Å². The van der Waals surface area contributed by atoms with Crippen molar-refractivity contribution in [1.29, 1.82) is 0 Å². The molecule has 2 nitrogen and oxygen atoms in total. The molecule has 0 saturated carbocycles. The van der Waals surface area contributed by atoms with Gasteiger partial charge < -0.3 is 8.85 Å². The first-order valence-corrected chi connectivity index (χ1v) is 11.7. The summed E-state index contributed by atoms with van der Waals surface area (Å²) in [6, 6.07) is 0. The van der Waals surface area contributed by atoms with Gasteiger partial charge >= 0.3 is 8.56 Å². The van der Waals surface area contributed by atoms with Gasteiger partial charge in [0.2, 0.25) is 0 Å². The van der Waals surface area contributed by atoms with E-state index in [0.717, 1.165) is 13.2 Å². The van der Waals surface area contributed by atoms with E-state index < -0.39 is 8.56 Å².